The zero-order valence-electron chi connectivity index (χ0n) is 6.65. The maximum absolute atomic E-state index is 11.4. The van der Waals surface area contributed by atoms with Crippen LogP contribution in [0.1, 0.15) is 12.8 Å². The van der Waals surface area contributed by atoms with Gasteiger partial charge in [0.15, 0.2) is 0 Å². The Hall–Kier alpha value is -0.600. The summed E-state index contributed by atoms with van der Waals surface area (Å²) in [7, 11) is -3.08. The summed E-state index contributed by atoms with van der Waals surface area (Å²) in [6.07, 6.45) is 1.56. The normalized spacial score (nSPS) is 43.8. The number of nitriles is 1. The fraction of sp³-hybridized carbons (Fsp3) is 0.857. The summed E-state index contributed by atoms with van der Waals surface area (Å²) in [5, 5.41) is 8.86. The lowest BCUT2D eigenvalue weighted by Gasteiger charge is -2.24. The van der Waals surface area contributed by atoms with Crippen LogP contribution in [-0.2, 0) is 10.0 Å². The van der Waals surface area contributed by atoms with E-state index in [4.69, 9.17) is 5.26 Å². The number of fused-ring (bicyclic) bond motifs is 2. The second-order valence-corrected chi connectivity index (χ2v) is 5.55. The van der Waals surface area contributed by atoms with Gasteiger partial charge in [-0.2, -0.15) is 5.26 Å². The molecule has 2 fully saturated rings. The van der Waals surface area contributed by atoms with E-state index in [2.05, 4.69) is 6.07 Å². The standard InChI is InChI=1S/C7H10N2O2S/c8-4-7-2-1-3-9(5-7)12(10,11)6-7/h1-3,5-6H2. The Morgan fingerprint density at radius 3 is 2.83 bits per heavy atom. The summed E-state index contributed by atoms with van der Waals surface area (Å²) in [6.45, 7) is 1.03. The predicted molar refractivity (Wildman–Crippen MR) is 42.6 cm³/mol. The second-order valence-electron chi connectivity index (χ2n) is 3.59. The molecule has 12 heavy (non-hydrogen) atoms. The Kier molecular flexibility index (Phi) is 1.48. The molecule has 0 amide bonds. The molecule has 0 aromatic heterocycles. The van der Waals surface area contributed by atoms with Crippen molar-refractivity contribution in [2.24, 2.45) is 5.41 Å². The summed E-state index contributed by atoms with van der Waals surface area (Å²) in [6, 6.07) is 2.14. The monoisotopic (exact) mass is 186 g/mol. The van der Waals surface area contributed by atoms with Crippen molar-refractivity contribution in [2.75, 3.05) is 18.8 Å². The lowest BCUT2D eigenvalue weighted by Crippen LogP contribution is -2.34. The number of nitrogens with zero attached hydrogens (tertiary/aromatic N) is 2. The SMILES string of the molecule is N#CC12CCCN(C1)S(=O)(=O)C2. The highest BCUT2D eigenvalue weighted by molar-refractivity contribution is 7.89. The molecule has 2 heterocycles. The van der Waals surface area contributed by atoms with E-state index in [0.717, 1.165) is 12.8 Å². The molecule has 0 radical (unpaired) electrons. The molecule has 2 unspecified atom stereocenters. The van der Waals surface area contributed by atoms with E-state index in [0.29, 0.717) is 13.1 Å². The van der Waals surface area contributed by atoms with E-state index < -0.39 is 15.4 Å². The molecule has 0 saturated carbocycles. The molecule has 4 nitrogen and oxygen atoms in total. The summed E-state index contributed by atoms with van der Waals surface area (Å²) in [4.78, 5) is 0. The van der Waals surface area contributed by atoms with Gasteiger partial charge in [0.05, 0.1) is 17.2 Å². The van der Waals surface area contributed by atoms with Gasteiger partial charge in [-0.15, -0.1) is 0 Å². The van der Waals surface area contributed by atoms with Gasteiger partial charge in [0.1, 0.15) is 0 Å². The van der Waals surface area contributed by atoms with Gasteiger partial charge in [-0.05, 0) is 12.8 Å². The van der Waals surface area contributed by atoms with Crippen molar-refractivity contribution in [3.63, 3.8) is 0 Å². The molecule has 2 bridgehead atoms. The molecule has 2 saturated heterocycles. The van der Waals surface area contributed by atoms with Gasteiger partial charge in [-0.25, -0.2) is 12.7 Å². The molecule has 2 aliphatic heterocycles. The van der Waals surface area contributed by atoms with Crippen molar-refractivity contribution in [2.45, 2.75) is 12.8 Å². The molecule has 66 valence electrons. The highest BCUT2D eigenvalue weighted by atomic mass is 32.2. The molecule has 5 heteroatoms. The summed E-state index contributed by atoms with van der Waals surface area (Å²) in [5.74, 6) is 0.0382. The summed E-state index contributed by atoms with van der Waals surface area (Å²) < 4.78 is 24.2. The third kappa shape index (κ3) is 0.952. The van der Waals surface area contributed by atoms with Crippen molar-refractivity contribution in [3.8, 4) is 6.07 Å². The van der Waals surface area contributed by atoms with Crippen LogP contribution in [0.3, 0.4) is 0 Å². The summed E-state index contributed by atoms with van der Waals surface area (Å²) >= 11 is 0. The maximum atomic E-state index is 11.4. The number of hydrogen-bond donors (Lipinski definition) is 0. The Morgan fingerprint density at radius 1 is 1.50 bits per heavy atom. The Labute approximate surface area is 71.8 Å². The first kappa shape index (κ1) is 8.02. The first-order valence-electron chi connectivity index (χ1n) is 3.97. The van der Waals surface area contributed by atoms with Crippen molar-refractivity contribution >= 4 is 10.0 Å². The quantitative estimate of drug-likeness (QED) is 0.532. The van der Waals surface area contributed by atoms with Gasteiger partial charge in [0.25, 0.3) is 0 Å². The zero-order valence-corrected chi connectivity index (χ0v) is 7.47. The van der Waals surface area contributed by atoms with Gasteiger partial charge in [0, 0.05) is 13.1 Å². The average Bonchev–Trinajstić information content (AvgIpc) is 2.20. The van der Waals surface area contributed by atoms with Crippen LogP contribution in [0.4, 0.5) is 0 Å². The molecule has 0 aliphatic carbocycles. The fourth-order valence-corrected chi connectivity index (χ4v) is 4.04. The van der Waals surface area contributed by atoms with E-state index in [1.165, 1.54) is 4.31 Å². The van der Waals surface area contributed by atoms with Gasteiger partial charge >= 0.3 is 0 Å². The van der Waals surface area contributed by atoms with E-state index in [1.807, 2.05) is 0 Å². The molecule has 0 spiro atoms. The molecule has 0 N–H and O–H groups in total. The number of piperidine rings is 1. The zero-order chi connectivity index (χ0) is 8.82. The second kappa shape index (κ2) is 2.21. The van der Waals surface area contributed by atoms with Crippen molar-refractivity contribution in [1.29, 1.82) is 5.26 Å². The van der Waals surface area contributed by atoms with E-state index in [9.17, 15) is 8.42 Å². The third-order valence-electron chi connectivity index (χ3n) is 2.63. The topological polar surface area (TPSA) is 61.2 Å². The van der Waals surface area contributed by atoms with Crippen molar-refractivity contribution < 1.29 is 8.42 Å². The lowest BCUT2D eigenvalue weighted by molar-refractivity contribution is 0.265. The van der Waals surface area contributed by atoms with Gasteiger partial charge < -0.3 is 0 Å². The van der Waals surface area contributed by atoms with Crippen LogP contribution in [0, 0.1) is 16.7 Å². The predicted octanol–water partition coefficient (Wildman–Crippen LogP) is -0.0644. The van der Waals surface area contributed by atoms with Gasteiger partial charge in [0.2, 0.25) is 10.0 Å². The largest absolute Gasteiger partial charge is 0.215 e. The number of sulfonamides is 1. The van der Waals surface area contributed by atoms with E-state index in [1.54, 1.807) is 0 Å². The Bertz CT molecular complexity index is 343. The molecule has 0 aromatic carbocycles. The average molecular weight is 186 g/mol. The lowest BCUT2D eigenvalue weighted by atomic mass is 9.84. The van der Waals surface area contributed by atoms with Crippen LogP contribution in [0.5, 0.6) is 0 Å². The molecule has 2 atom stereocenters. The number of rotatable bonds is 0. The summed E-state index contributed by atoms with van der Waals surface area (Å²) in [5.41, 5.74) is -0.586. The molecule has 2 aliphatic rings. The number of hydrogen-bond acceptors (Lipinski definition) is 3. The molecule has 0 aromatic rings. The highest BCUT2D eigenvalue weighted by Gasteiger charge is 2.50. The van der Waals surface area contributed by atoms with Crippen LogP contribution in [0.25, 0.3) is 0 Å². The fourth-order valence-electron chi connectivity index (χ4n) is 2.01. The molecular weight excluding hydrogens is 176 g/mol. The van der Waals surface area contributed by atoms with E-state index >= 15 is 0 Å². The Balaban J connectivity index is 2.42. The Morgan fingerprint density at radius 2 is 2.25 bits per heavy atom. The minimum Gasteiger partial charge on any atom is -0.212 e. The first-order valence-corrected chi connectivity index (χ1v) is 5.58. The first-order chi connectivity index (χ1) is 5.58. The van der Waals surface area contributed by atoms with Gasteiger partial charge in [-0.3, -0.25) is 0 Å². The van der Waals surface area contributed by atoms with Crippen LogP contribution >= 0.6 is 0 Å². The maximum Gasteiger partial charge on any atom is 0.215 e. The molecule has 2 rings (SSSR count). The van der Waals surface area contributed by atoms with Crippen LogP contribution in [-0.4, -0.2) is 31.6 Å². The van der Waals surface area contributed by atoms with E-state index in [-0.39, 0.29) is 5.75 Å². The van der Waals surface area contributed by atoms with Crippen LogP contribution < -0.4 is 0 Å². The molecular formula is C7H10N2O2S. The van der Waals surface area contributed by atoms with Crippen LogP contribution in [0.15, 0.2) is 0 Å². The van der Waals surface area contributed by atoms with Crippen LogP contribution in [0.2, 0.25) is 0 Å². The van der Waals surface area contributed by atoms with Crippen molar-refractivity contribution in [3.05, 3.63) is 0 Å². The minimum absolute atomic E-state index is 0.0382. The highest BCUT2D eigenvalue weighted by Crippen LogP contribution is 2.38. The smallest absolute Gasteiger partial charge is 0.212 e. The minimum atomic E-state index is -3.08. The third-order valence-corrected chi connectivity index (χ3v) is 4.65. The van der Waals surface area contributed by atoms with Gasteiger partial charge in [-0.1, -0.05) is 0 Å². The van der Waals surface area contributed by atoms with Crippen molar-refractivity contribution in [1.82, 2.24) is 4.31 Å².